The Bertz CT molecular complexity index is 1010. The average Bonchev–Trinajstić information content (AvgIpc) is 2.64. The van der Waals surface area contributed by atoms with E-state index in [-0.39, 0.29) is 4.90 Å². The normalized spacial score (nSPS) is 11.2. The van der Waals surface area contributed by atoms with Gasteiger partial charge in [0.2, 0.25) is 0 Å². The largest absolute Gasteiger partial charge is 0.341 e. The van der Waals surface area contributed by atoms with E-state index in [1.165, 1.54) is 5.56 Å². The lowest BCUT2D eigenvalue weighted by atomic mass is 10.2. The summed E-state index contributed by atoms with van der Waals surface area (Å²) >= 11 is 0. The molecule has 0 amide bonds. The molecule has 0 saturated carbocycles. The standard InChI is InChI=1S/C21H23N3O2S/c1-4-24(18-7-5-6-17(3)14-18)19-10-13-21(22-15-19)23-27(25,26)20-11-8-16(2)9-12-20/h5-15H,4H2,1-3H3,(H,22,23). The number of nitrogens with one attached hydrogen (secondary N) is 1. The van der Waals surface area contributed by atoms with Crippen molar-refractivity contribution in [1.82, 2.24) is 4.98 Å². The molecule has 0 aliphatic carbocycles. The summed E-state index contributed by atoms with van der Waals surface area (Å²) in [5.41, 5.74) is 4.17. The lowest BCUT2D eigenvalue weighted by Gasteiger charge is -2.23. The van der Waals surface area contributed by atoms with Gasteiger partial charge in [0.1, 0.15) is 5.82 Å². The molecule has 1 N–H and O–H groups in total. The molecule has 0 radical (unpaired) electrons. The highest BCUT2D eigenvalue weighted by Crippen LogP contribution is 2.26. The predicted molar refractivity (Wildman–Crippen MR) is 110 cm³/mol. The third kappa shape index (κ3) is 4.46. The van der Waals surface area contributed by atoms with Gasteiger partial charge < -0.3 is 4.90 Å². The fraction of sp³-hybridized carbons (Fsp3) is 0.190. The van der Waals surface area contributed by atoms with Crippen LogP contribution >= 0.6 is 0 Å². The maximum Gasteiger partial charge on any atom is 0.263 e. The Kier molecular flexibility index (Phi) is 5.46. The van der Waals surface area contributed by atoms with Crippen LogP contribution in [0.1, 0.15) is 18.1 Å². The molecule has 27 heavy (non-hydrogen) atoms. The Morgan fingerprint density at radius 3 is 2.26 bits per heavy atom. The maximum atomic E-state index is 12.5. The van der Waals surface area contributed by atoms with E-state index < -0.39 is 10.0 Å². The molecule has 0 saturated heterocycles. The van der Waals surface area contributed by atoms with E-state index in [2.05, 4.69) is 40.6 Å². The first-order valence-corrected chi connectivity index (χ1v) is 10.3. The fourth-order valence-electron chi connectivity index (χ4n) is 2.83. The van der Waals surface area contributed by atoms with E-state index in [1.54, 1.807) is 36.5 Å². The van der Waals surface area contributed by atoms with Crippen LogP contribution in [-0.4, -0.2) is 19.9 Å². The Balaban J connectivity index is 1.81. The predicted octanol–water partition coefficient (Wildman–Crippen LogP) is 4.66. The molecule has 0 aliphatic heterocycles. The smallest absolute Gasteiger partial charge is 0.263 e. The van der Waals surface area contributed by atoms with Crippen LogP contribution in [-0.2, 0) is 10.0 Å². The fourth-order valence-corrected chi connectivity index (χ4v) is 3.84. The minimum Gasteiger partial charge on any atom is -0.341 e. The van der Waals surface area contributed by atoms with Crippen molar-refractivity contribution in [3.8, 4) is 0 Å². The summed E-state index contributed by atoms with van der Waals surface area (Å²) in [6, 6.07) is 18.5. The van der Waals surface area contributed by atoms with Crippen molar-refractivity contribution in [2.24, 2.45) is 0 Å². The summed E-state index contributed by atoms with van der Waals surface area (Å²) in [4.78, 5) is 6.63. The van der Waals surface area contributed by atoms with E-state index in [1.807, 2.05) is 25.1 Å². The minimum atomic E-state index is -3.65. The first-order chi connectivity index (χ1) is 12.9. The van der Waals surface area contributed by atoms with Gasteiger partial charge in [-0.1, -0.05) is 29.8 Å². The van der Waals surface area contributed by atoms with Crippen molar-refractivity contribution >= 4 is 27.2 Å². The molecule has 3 aromatic rings. The topological polar surface area (TPSA) is 62.3 Å². The summed E-state index contributed by atoms with van der Waals surface area (Å²) in [6.07, 6.45) is 1.68. The van der Waals surface area contributed by atoms with Crippen LogP contribution in [0.2, 0.25) is 0 Å². The number of hydrogen-bond donors (Lipinski definition) is 1. The summed E-state index contributed by atoms with van der Waals surface area (Å²) in [5, 5.41) is 0. The van der Waals surface area contributed by atoms with Crippen LogP contribution in [0.3, 0.4) is 0 Å². The Labute approximate surface area is 160 Å². The molecule has 0 atom stereocenters. The minimum absolute atomic E-state index is 0.217. The molecule has 0 spiro atoms. The van der Waals surface area contributed by atoms with Gasteiger partial charge in [0.15, 0.2) is 0 Å². The molecule has 1 aromatic heterocycles. The van der Waals surface area contributed by atoms with Crippen LogP contribution in [0, 0.1) is 13.8 Å². The number of nitrogens with zero attached hydrogens (tertiary/aromatic N) is 2. The van der Waals surface area contributed by atoms with Gasteiger partial charge in [0.05, 0.1) is 16.8 Å². The molecular weight excluding hydrogens is 358 g/mol. The van der Waals surface area contributed by atoms with Crippen molar-refractivity contribution in [1.29, 1.82) is 0 Å². The van der Waals surface area contributed by atoms with Gasteiger partial charge in [-0.15, -0.1) is 0 Å². The van der Waals surface area contributed by atoms with Gasteiger partial charge in [-0.25, -0.2) is 13.4 Å². The summed E-state index contributed by atoms with van der Waals surface area (Å²) in [5.74, 6) is 0.291. The highest BCUT2D eigenvalue weighted by atomic mass is 32.2. The van der Waals surface area contributed by atoms with Gasteiger partial charge in [-0.3, -0.25) is 4.72 Å². The zero-order chi connectivity index (χ0) is 19.4. The van der Waals surface area contributed by atoms with E-state index in [4.69, 9.17) is 0 Å². The van der Waals surface area contributed by atoms with Crippen molar-refractivity contribution in [2.45, 2.75) is 25.7 Å². The maximum absolute atomic E-state index is 12.5. The highest BCUT2D eigenvalue weighted by molar-refractivity contribution is 7.92. The molecule has 0 fully saturated rings. The lowest BCUT2D eigenvalue weighted by Crippen LogP contribution is -2.17. The van der Waals surface area contributed by atoms with Gasteiger partial charge >= 0.3 is 0 Å². The van der Waals surface area contributed by atoms with Crippen LogP contribution in [0.25, 0.3) is 0 Å². The molecule has 3 rings (SSSR count). The van der Waals surface area contributed by atoms with Gasteiger partial charge in [-0.05, 0) is 62.7 Å². The number of sulfonamides is 1. The van der Waals surface area contributed by atoms with Crippen LogP contribution in [0.4, 0.5) is 17.2 Å². The lowest BCUT2D eigenvalue weighted by molar-refractivity contribution is 0.601. The monoisotopic (exact) mass is 381 g/mol. The van der Waals surface area contributed by atoms with Crippen LogP contribution < -0.4 is 9.62 Å². The quantitative estimate of drug-likeness (QED) is 0.675. The molecular formula is C21H23N3O2S. The van der Waals surface area contributed by atoms with Crippen molar-refractivity contribution in [3.05, 3.63) is 78.0 Å². The number of aryl methyl sites for hydroxylation is 2. The van der Waals surface area contributed by atoms with E-state index in [0.29, 0.717) is 5.82 Å². The molecule has 0 aliphatic rings. The Morgan fingerprint density at radius 1 is 0.926 bits per heavy atom. The molecule has 1 heterocycles. The first kappa shape index (κ1) is 18.9. The average molecular weight is 382 g/mol. The number of aromatic nitrogens is 1. The van der Waals surface area contributed by atoms with Crippen molar-refractivity contribution in [2.75, 3.05) is 16.2 Å². The number of anilines is 3. The molecule has 140 valence electrons. The molecule has 2 aromatic carbocycles. The highest BCUT2D eigenvalue weighted by Gasteiger charge is 2.15. The Morgan fingerprint density at radius 2 is 1.67 bits per heavy atom. The van der Waals surface area contributed by atoms with Crippen molar-refractivity contribution < 1.29 is 8.42 Å². The van der Waals surface area contributed by atoms with E-state index in [9.17, 15) is 8.42 Å². The second-order valence-electron chi connectivity index (χ2n) is 6.40. The molecule has 6 heteroatoms. The van der Waals surface area contributed by atoms with E-state index in [0.717, 1.165) is 23.5 Å². The second kappa shape index (κ2) is 7.80. The molecule has 0 unspecified atom stereocenters. The van der Waals surface area contributed by atoms with E-state index >= 15 is 0 Å². The molecule has 0 bridgehead atoms. The number of rotatable bonds is 6. The second-order valence-corrected chi connectivity index (χ2v) is 8.09. The third-order valence-electron chi connectivity index (χ3n) is 4.26. The van der Waals surface area contributed by atoms with Crippen LogP contribution in [0.15, 0.2) is 71.8 Å². The first-order valence-electron chi connectivity index (χ1n) is 8.79. The summed E-state index contributed by atoms with van der Waals surface area (Å²) in [6.45, 7) is 6.81. The number of hydrogen-bond acceptors (Lipinski definition) is 4. The number of benzene rings is 2. The Hall–Kier alpha value is -2.86. The molecule has 5 nitrogen and oxygen atoms in total. The SMILES string of the molecule is CCN(c1ccc(NS(=O)(=O)c2ccc(C)cc2)nc1)c1cccc(C)c1. The summed E-state index contributed by atoms with van der Waals surface area (Å²) < 4.78 is 27.5. The summed E-state index contributed by atoms with van der Waals surface area (Å²) in [7, 11) is -3.65. The van der Waals surface area contributed by atoms with Gasteiger partial charge in [-0.2, -0.15) is 0 Å². The van der Waals surface area contributed by atoms with Crippen molar-refractivity contribution in [3.63, 3.8) is 0 Å². The van der Waals surface area contributed by atoms with Gasteiger partial charge in [0, 0.05) is 12.2 Å². The third-order valence-corrected chi connectivity index (χ3v) is 5.63. The van der Waals surface area contributed by atoms with Gasteiger partial charge in [0.25, 0.3) is 10.0 Å². The number of pyridine rings is 1. The zero-order valence-electron chi connectivity index (χ0n) is 15.7. The van der Waals surface area contributed by atoms with Crippen LogP contribution in [0.5, 0.6) is 0 Å². The zero-order valence-corrected chi connectivity index (χ0v) is 16.5.